The number of urea groups is 1. The van der Waals surface area contributed by atoms with Gasteiger partial charge in [0.15, 0.2) is 0 Å². The van der Waals surface area contributed by atoms with Crippen molar-refractivity contribution in [1.29, 1.82) is 0 Å². The largest absolute Gasteiger partial charge is 0.350 e. The number of hydrogen-bond donors (Lipinski definition) is 3. The lowest BCUT2D eigenvalue weighted by molar-refractivity contribution is -0.123. The molecule has 1 unspecified atom stereocenters. The third-order valence-electron chi connectivity index (χ3n) is 1.66. The van der Waals surface area contributed by atoms with Crippen molar-refractivity contribution in [2.45, 2.75) is 59.2 Å². The molecule has 0 aliphatic heterocycles. The summed E-state index contributed by atoms with van der Waals surface area (Å²) in [5.74, 6) is -0.189. The summed E-state index contributed by atoms with van der Waals surface area (Å²) in [6.45, 7) is 11.1. The second kappa shape index (κ2) is 5.72. The van der Waals surface area contributed by atoms with Crippen LogP contribution in [0.3, 0.4) is 0 Å². The lowest BCUT2D eigenvalue weighted by Crippen LogP contribution is -2.53. The molecule has 0 aromatic carbocycles. The van der Waals surface area contributed by atoms with Crippen LogP contribution in [0.5, 0.6) is 0 Å². The van der Waals surface area contributed by atoms with Crippen LogP contribution in [0.1, 0.15) is 41.5 Å². The zero-order valence-electron chi connectivity index (χ0n) is 11.0. The summed E-state index contributed by atoms with van der Waals surface area (Å²) in [4.78, 5) is 23.0. The van der Waals surface area contributed by atoms with Gasteiger partial charge in [-0.05, 0) is 41.5 Å². The van der Waals surface area contributed by atoms with Crippen molar-refractivity contribution in [3.05, 3.63) is 0 Å². The van der Waals surface area contributed by atoms with Crippen molar-refractivity contribution in [1.82, 2.24) is 16.0 Å². The molecule has 0 aromatic rings. The van der Waals surface area contributed by atoms with Crippen LogP contribution in [0.2, 0.25) is 0 Å². The lowest BCUT2D eigenvalue weighted by atomic mass is 10.1. The standard InChI is InChI=1S/C11H23N3O2/c1-7(2)12-10(16)13-8(3)9(15)14-11(4,5)6/h7-8H,1-6H3,(H,14,15)(H2,12,13,16). The monoisotopic (exact) mass is 229 g/mol. The maximum atomic E-state index is 11.6. The summed E-state index contributed by atoms with van der Waals surface area (Å²) in [7, 11) is 0. The minimum atomic E-state index is -0.544. The fourth-order valence-corrected chi connectivity index (χ4v) is 1.04. The summed E-state index contributed by atoms with van der Waals surface area (Å²) in [5.41, 5.74) is -0.290. The fraction of sp³-hybridized carbons (Fsp3) is 0.818. The van der Waals surface area contributed by atoms with Crippen LogP contribution in [0.4, 0.5) is 4.79 Å². The average Bonchev–Trinajstić information content (AvgIpc) is 1.98. The molecular formula is C11H23N3O2. The highest BCUT2D eigenvalue weighted by Gasteiger charge is 2.20. The first kappa shape index (κ1) is 14.7. The number of rotatable bonds is 3. The molecule has 0 fully saturated rings. The Morgan fingerprint density at radius 3 is 1.88 bits per heavy atom. The van der Waals surface area contributed by atoms with Gasteiger partial charge >= 0.3 is 6.03 Å². The van der Waals surface area contributed by atoms with Gasteiger partial charge in [0.05, 0.1) is 0 Å². The molecule has 0 aromatic heterocycles. The highest BCUT2D eigenvalue weighted by atomic mass is 16.2. The Balaban J connectivity index is 4.11. The summed E-state index contributed by atoms with van der Waals surface area (Å²) >= 11 is 0. The molecule has 1 atom stereocenters. The molecule has 3 N–H and O–H groups in total. The second-order valence-electron chi connectivity index (χ2n) is 5.23. The molecule has 0 radical (unpaired) electrons. The van der Waals surface area contributed by atoms with Gasteiger partial charge < -0.3 is 16.0 Å². The molecule has 5 nitrogen and oxygen atoms in total. The third kappa shape index (κ3) is 7.09. The minimum absolute atomic E-state index is 0.0536. The van der Waals surface area contributed by atoms with E-state index in [1.54, 1.807) is 6.92 Å². The average molecular weight is 229 g/mol. The van der Waals surface area contributed by atoms with Crippen LogP contribution in [0.15, 0.2) is 0 Å². The smallest absolute Gasteiger partial charge is 0.315 e. The van der Waals surface area contributed by atoms with E-state index in [2.05, 4.69) is 16.0 Å². The van der Waals surface area contributed by atoms with E-state index in [1.165, 1.54) is 0 Å². The van der Waals surface area contributed by atoms with Crippen LogP contribution in [0.25, 0.3) is 0 Å². The van der Waals surface area contributed by atoms with Gasteiger partial charge in [-0.2, -0.15) is 0 Å². The molecule has 3 amide bonds. The van der Waals surface area contributed by atoms with Gasteiger partial charge in [-0.1, -0.05) is 0 Å². The summed E-state index contributed by atoms with van der Waals surface area (Å²) in [6.07, 6.45) is 0. The number of amides is 3. The maximum Gasteiger partial charge on any atom is 0.315 e. The molecule has 0 aliphatic rings. The Hall–Kier alpha value is -1.26. The molecule has 16 heavy (non-hydrogen) atoms. The van der Waals surface area contributed by atoms with Crippen molar-refractivity contribution in [2.24, 2.45) is 0 Å². The van der Waals surface area contributed by atoms with Crippen LogP contribution >= 0.6 is 0 Å². The lowest BCUT2D eigenvalue weighted by Gasteiger charge is -2.24. The Morgan fingerprint density at radius 2 is 1.50 bits per heavy atom. The van der Waals surface area contributed by atoms with E-state index in [0.29, 0.717) is 0 Å². The normalized spacial score (nSPS) is 13.2. The Kier molecular flexibility index (Phi) is 5.27. The third-order valence-corrected chi connectivity index (χ3v) is 1.66. The molecular weight excluding hydrogens is 206 g/mol. The first-order chi connectivity index (χ1) is 7.11. The first-order valence-corrected chi connectivity index (χ1v) is 5.51. The molecule has 0 rings (SSSR count). The predicted octanol–water partition coefficient (Wildman–Crippen LogP) is 0.997. The number of carbonyl (C=O) groups excluding carboxylic acids is 2. The van der Waals surface area contributed by atoms with E-state index < -0.39 is 6.04 Å². The van der Waals surface area contributed by atoms with Gasteiger partial charge in [-0.25, -0.2) is 4.79 Å². The van der Waals surface area contributed by atoms with Gasteiger partial charge in [0.2, 0.25) is 5.91 Å². The summed E-state index contributed by atoms with van der Waals surface area (Å²) < 4.78 is 0. The van der Waals surface area contributed by atoms with Gasteiger partial charge in [-0.15, -0.1) is 0 Å². The highest BCUT2D eigenvalue weighted by molar-refractivity contribution is 5.87. The van der Waals surface area contributed by atoms with Crippen LogP contribution in [-0.2, 0) is 4.79 Å². The molecule has 5 heteroatoms. The van der Waals surface area contributed by atoms with Crippen LogP contribution in [-0.4, -0.2) is 29.6 Å². The predicted molar refractivity (Wildman–Crippen MR) is 64.2 cm³/mol. The molecule has 0 bridgehead atoms. The quantitative estimate of drug-likeness (QED) is 0.675. The molecule has 0 saturated carbocycles. The minimum Gasteiger partial charge on any atom is -0.350 e. The Labute approximate surface area is 97.4 Å². The van der Waals surface area contributed by atoms with Crippen molar-refractivity contribution >= 4 is 11.9 Å². The summed E-state index contributed by atoms with van der Waals surface area (Å²) in [5, 5.41) is 8.03. The molecule has 0 heterocycles. The van der Waals surface area contributed by atoms with Crippen molar-refractivity contribution in [2.75, 3.05) is 0 Å². The SMILES string of the molecule is CC(C)NC(=O)NC(C)C(=O)NC(C)(C)C. The van der Waals surface area contributed by atoms with E-state index in [1.807, 2.05) is 34.6 Å². The Bertz CT molecular complexity index is 256. The Morgan fingerprint density at radius 1 is 1.00 bits per heavy atom. The second-order valence-corrected chi connectivity index (χ2v) is 5.23. The number of nitrogens with one attached hydrogen (secondary N) is 3. The van der Waals surface area contributed by atoms with E-state index in [0.717, 1.165) is 0 Å². The molecule has 0 saturated heterocycles. The van der Waals surface area contributed by atoms with E-state index in [-0.39, 0.29) is 23.5 Å². The molecule has 0 spiro atoms. The summed E-state index contributed by atoms with van der Waals surface area (Å²) in [6, 6.07) is -0.817. The van der Waals surface area contributed by atoms with Crippen molar-refractivity contribution in [3.63, 3.8) is 0 Å². The topological polar surface area (TPSA) is 70.2 Å². The van der Waals surface area contributed by atoms with E-state index >= 15 is 0 Å². The zero-order chi connectivity index (χ0) is 12.9. The van der Waals surface area contributed by atoms with Crippen molar-refractivity contribution in [3.8, 4) is 0 Å². The van der Waals surface area contributed by atoms with Crippen LogP contribution in [0, 0.1) is 0 Å². The maximum absolute atomic E-state index is 11.6. The zero-order valence-corrected chi connectivity index (χ0v) is 11.0. The number of carbonyl (C=O) groups is 2. The van der Waals surface area contributed by atoms with Crippen molar-refractivity contribution < 1.29 is 9.59 Å². The highest BCUT2D eigenvalue weighted by Crippen LogP contribution is 1.99. The van der Waals surface area contributed by atoms with Gasteiger partial charge in [0, 0.05) is 11.6 Å². The van der Waals surface area contributed by atoms with Gasteiger partial charge in [0.25, 0.3) is 0 Å². The van der Waals surface area contributed by atoms with Crippen LogP contribution < -0.4 is 16.0 Å². The first-order valence-electron chi connectivity index (χ1n) is 5.51. The van der Waals surface area contributed by atoms with Gasteiger partial charge in [-0.3, -0.25) is 4.79 Å². The number of hydrogen-bond acceptors (Lipinski definition) is 2. The van der Waals surface area contributed by atoms with E-state index in [4.69, 9.17) is 0 Å². The van der Waals surface area contributed by atoms with Gasteiger partial charge in [0.1, 0.15) is 6.04 Å². The fourth-order valence-electron chi connectivity index (χ4n) is 1.04. The van der Waals surface area contributed by atoms with E-state index in [9.17, 15) is 9.59 Å². The molecule has 0 aliphatic carbocycles. The molecule has 94 valence electrons.